The van der Waals surface area contributed by atoms with Gasteiger partial charge >= 0.3 is 0 Å². The van der Waals surface area contributed by atoms with Crippen LogP contribution in [0.2, 0.25) is 0 Å². The topological polar surface area (TPSA) is 51.2 Å². The summed E-state index contributed by atoms with van der Waals surface area (Å²) in [6.07, 6.45) is 2.65. The maximum absolute atomic E-state index is 11.7. The van der Waals surface area contributed by atoms with Gasteiger partial charge in [0.2, 0.25) is 0 Å². The second-order valence-corrected chi connectivity index (χ2v) is 6.73. The normalized spacial score (nSPS) is 18.1. The summed E-state index contributed by atoms with van der Waals surface area (Å²) in [5.74, 6) is -0.00393. The van der Waals surface area contributed by atoms with E-state index in [1.165, 1.54) is 13.2 Å². The Morgan fingerprint density at radius 2 is 1.69 bits per heavy atom. The minimum atomic E-state index is -3.06. The molecule has 0 aliphatic heterocycles. The van der Waals surface area contributed by atoms with Gasteiger partial charge in [0.15, 0.2) is 15.6 Å². The molecule has 1 aliphatic rings. The molecular formula is C12H14O3S. The van der Waals surface area contributed by atoms with Crippen LogP contribution in [0.4, 0.5) is 0 Å². The number of ketones is 1. The van der Waals surface area contributed by atoms with Gasteiger partial charge in [-0.1, -0.05) is 24.3 Å². The molecule has 2 rings (SSSR count). The van der Waals surface area contributed by atoms with Crippen LogP contribution in [0.25, 0.3) is 0 Å². The number of benzene rings is 1. The van der Waals surface area contributed by atoms with Crippen LogP contribution < -0.4 is 0 Å². The third kappa shape index (κ3) is 1.67. The summed E-state index contributed by atoms with van der Waals surface area (Å²) >= 11 is 0. The molecule has 0 heterocycles. The van der Waals surface area contributed by atoms with Crippen LogP contribution in [-0.4, -0.2) is 20.5 Å². The number of hydrogen-bond acceptors (Lipinski definition) is 3. The highest BCUT2D eigenvalue weighted by molar-refractivity contribution is 7.92. The van der Waals surface area contributed by atoms with E-state index in [0.717, 1.165) is 5.56 Å². The SMILES string of the molecule is CC(=O)c1ccc(C2(S(C)(=O)=O)CC2)cc1. The van der Waals surface area contributed by atoms with E-state index in [-0.39, 0.29) is 5.78 Å². The van der Waals surface area contributed by atoms with Crippen molar-refractivity contribution < 1.29 is 13.2 Å². The van der Waals surface area contributed by atoms with Crippen LogP contribution >= 0.6 is 0 Å². The third-order valence-corrected chi connectivity index (χ3v) is 5.29. The Bertz CT molecular complexity index is 522. The zero-order valence-corrected chi connectivity index (χ0v) is 10.2. The van der Waals surface area contributed by atoms with Crippen molar-refractivity contribution in [3.63, 3.8) is 0 Å². The Labute approximate surface area is 95.4 Å². The highest BCUT2D eigenvalue weighted by Crippen LogP contribution is 2.52. The quantitative estimate of drug-likeness (QED) is 0.756. The summed E-state index contributed by atoms with van der Waals surface area (Å²) < 4.78 is 22.7. The van der Waals surface area contributed by atoms with Gasteiger partial charge in [-0.15, -0.1) is 0 Å². The third-order valence-electron chi connectivity index (χ3n) is 3.23. The van der Waals surface area contributed by atoms with Crippen molar-refractivity contribution >= 4 is 15.6 Å². The number of Topliss-reactive ketones (excluding diaryl/α,β-unsaturated/α-hetero) is 1. The second-order valence-electron chi connectivity index (χ2n) is 4.40. The van der Waals surface area contributed by atoms with Crippen LogP contribution in [0.5, 0.6) is 0 Å². The second kappa shape index (κ2) is 3.42. The van der Waals surface area contributed by atoms with Crippen LogP contribution in [0.3, 0.4) is 0 Å². The first-order chi connectivity index (χ1) is 7.37. The van der Waals surface area contributed by atoms with E-state index in [9.17, 15) is 13.2 Å². The first-order valence-corrected chi connectivity index (χ1v) is 7.07. The summed E-state index contributed by atoms with van der Waals surface area (Å²) in [7, 11) is -3.06. The molecule has 1 fully saturated rings. The first kappa shape index (κ1) is 11.3. The fourth-order valence-electron chi connectivity index (χ4n) is 2.00. The van der Waals surface area contributed by atoms with Gasteiger partial charge in [-0.05, 0) is 25.3 Å². The Morgan fingerprint density at radius 1 is 1.19 bits per heavy atom. The molecule has 1 aromatic carbocycles. The molecular weight excluding hydrogens is 224 g/mol. The van der Waals surface area contributed by atoms with Crippen LogP contribution in [0, 0.1) is 0 Å². The number of hydrogen-bond donors (Lipinski definition) is 0. The largest absolute Gasteiger partial charge is 0.295 e. The maximum atomic E-state index is 11.7. The highest BCUT2D eigenvalue weighted by Gasteiger charge is 2.53. The number of sulfone groups is 1. The fraction of sp³-hybridized carbons (Fsp3) is 0.417. The molecule has 0 saturated heterocycles. The standard InChI is InChI=1S/C12H14O3S/c1-9(13)10-3-5-11(6-4-10)12(7-8-12)16(2,14)15/h3-6H,7-8H2,1-2H3. The Morgan fingerprint density at radius 3 is 2.00 bits per heavy atom. The van der Waals surface area contributed by atoms with Gasteiger partial charge in [0.1, 0.15) is 0 Å². The average molecular weight is 238 g/mol. The predicted molar refractivity (Wildman–Crippen MR) is 62.2 cm³/mol. The fourth-order valence-corrected chi connectivity index (χ4v) is 3.40. The van der Waals surface area contributed by atoms with Crippen molar-refractivity contribution in [1.29, 1.82) is 0 Å². The van der Waals surface area contributed by atoms with Crippen molar-refractivity contribution in [1.82, 2.24) is 0 Å². The monoisotopic (exact) mass is 238 g/mol. The van der Waals surface area contributed by atoms with Crippen molar-refractivity contribution in [3.8, 4) is 0 Å². The zero-order chi connectivity index (χ0) is 12.0. The smallest absolute Gasteiger partial charge is 0.159 e. The molecule has 0 bridgehead atoms. The predicted octanol–water partition coefficient (Wildman–Crippen LogP) is 1.92. The van der Waals surface area contributed by atoms with Gasteiger partial charge in [0, 0.05) is 11.8 Å². The molecule has 1 saturated carbocycles. The molecule has 4 heteroatoms. The zero-order valence-electron chi connectivity index (χ0n) is 9.36. The minimum Gasteiger partial charge on any atom is -0.295 e. The summed E-state index contributed by atoms with van der Waals surface area (Å²) in [6.45, 7) is 1.50. The first-order valence-electron chi connectivity index (χ1n) is 5.18. The van der Waals surface area contributed by atoms with Gasteiger partial charge in [-0.25, -0.2) is 8.42 Å². The van der Waals surface area contributed by atoms with Gasteiger partial charge in [-0.3, -0.25) is 4.79 Å². The Hall–Kier alpha value is -1.16. The van der Waals surface area contributed by atoms with Gasteiger partial charge in [-0.2, -0.15) is 0 Å². The van der Waals surface area contributed by atoms with Crippen LogP contribution in [0.15, 0.2) is 24.3 Å². The van der Waals surface area contributed by atoms with Crippen LogP contribution in [-0.2, 0) is 14.6 Å². The summed E-state index contributed by atoms with van der Waals surface area (Å²) in [5, 5.41) is 0. The Balaban J connectivity index is 2.40. The summed E-state index contributed by atoms with van der Waals surface area (Å²) in [5.41, 5.74) is 1.42. The molecule has 3 nitrogen and oxygen atoms in total. The van der Waals surface area contributed by atoms with Crippen molar-refractivity contribution in [2.24, 2.45) is 0 Å². The van der Waals surface area contributed by atoms with E-state index in [1.807, 2.05) is 0 Å². The minimum absolute atomic E-state index is 0.00393. The summed E-state index contributed by atoms with van der Waals surface area (Å²) in [6, 6.07) is 6.90. The lowest BCUT2D eigenvalue weighted by Crippen LogP contribution is -2.19. The van der Waals surface area contributed by atoms with Crippen molar-refractivity contribution in [2.75, 3.05) is 6.26 Å². The molecule has 0 amide bonds. The molecule has 1 aromatic rings. The van der Waals surface area contributed by atoms with Gasteiger partial charge < -0.3 is 0 Å². The molecule has 0 radical (unpaired) electrons. The lowest BCUT2D eigenvalue weighted by Gasteiger charge is -2.13. The van der Waals surface area contributed by atoms with Crippen LogP contribution in [0.1, 0.15) is 35.7 Å². The lowest BCUT2D eigenvalue weighted by atomic mass is 10.1. The molecule has 0 aromatic heterocycles. The molecule has 0 spiro atoms. The Kier molecular flexibility index (Phi) is 2.42. The molecule has 86 valence electrons. The lowest BCUT2D eigenvalue weighted by molar-refractivity contribution is 0.101. The van der Waals surface area contributed by atoms with E-state index in [0.29, 0.717) is 18.4 Å². The molecule has 1 aliphatic carbocycles. The van der Waals surface area contributed by atoms with E-state index >= 15 is 0 Å². The van der Waals surface area contributed by atoms with E-state index in [4.69, 9.17) is 0 Å². The van der Waals surface area contributed by atoms with E-state index < -0.39 is 14.6 Å². The molecule has 0 unspecified atom stereocenters. The number of carbonyl (C=O) groups excluding carboxylic acids is 1. The molecule has 16 heavy (non-hydrogen) atoms. The van der Waals surface area contributed by atoms with E-state index in [1.54, 1.807) is 24.3 Å². The summed E-state index contributed by atoms with van der Waals surface area (Å²) in [4.78, 5) is 11.1. The van der Waals surface area contributed by atoms with Crippen molar-refractivity contribution in [3.05, 3.63) is 35.4 Å². The van der Waals surface area contributed by atoms with Gasteiger partial charge in [0.05, 0.1) is 4.75 Å². The number of carbonyl (C=O) groups is 1. The van der Waals surface area contributed by atoms with Gasteiger partial charge in [0.25, 0.3) is 0 Å². The maximum Gasteiger partial charge on any atom is 0.159 e. The average Bonchev–Trinajstić information content (AvgIpc) is 2.97. The van der Waals surface area contributed by atoms with E-state index in [2.05, 4.69) is 0 Å². The highest BCUT2D eigenvalue weighted by atomic mass is 32.2. The van der Waals surface area contributed by atoms with Crippen molar-refractivity contribution in [2.45, 2.75) is 24.5 Å². The molecule has 0 N–H and O–H groups in total. The molecule has 0 atom stereocenters. The number of rotatable bonds is 3.